The quantitative estimate of drug-likeness (QED) is 0.336. The standard InChI is InChI=1S/C17H14N4O3/c1-2-10-20-14-8-4-3-7-13(14)19-17(20)18-11-12-6-5-9-15(16(12)22)21(23)24/h2-9,11,22H,1,10H2. The summed E-state index contributed by atoms with van der Waals surface area (Å²) in [6.07, 6.45) is 3.10. The molecule has 3 rings (SSSR count). The third kappa shape index (κ3) is 2.74. The number of allylic oxidation sites excluding steroid dienone is 1. The van der Waals surface area contributed by atoms with Crippen molar-refractivity contribution in [1.82, 2.24) is 9.55 Å². The predicted molar refractivity (Wildman–Crippen MR) is 91.9 cm³/mol. The molecule has 0 aliphatic carbocycles. The van der Waals surface area contributed by atoms with Crippen molar-refractivity contribution in [2.75, 3.05) is 0 Å². The van der Waals surface area contributed by atoms with Crippen LogP contribution in [0.5, 0.6) is 5.75 Å². The fraction of sp³-hybridized carbons (Fsp3) is 0.0588. The number of nitro groups is 1. The Morgan fingerprint density at radius 1 is 1.29 bits per heavy atom. The van der Waals surface area contributed by atoms with Gasteiger partial charge in [0, 0.05) is 24.4 Å². The Kier molecular flexibility index (Phi) is 4.07. The van der Waals surface area contributed by atoms with Crippen LogP contribution in [0.15, 0.2) is 60.1 Å². The van der Waals surface area contributed by atoms with Gasteiger partial charge >= 0.3 is 5.69 Å². The molecule has 0 unspecified atom stereocenters. The molecular weight excluding hydrogens is 308 g/mol. The maximum atomic E-state index is 10.9. The van der Waals surface area contributed by atoms with E-state index in [1.807, 2.05) is 28.8 Å². The fourth-order valence-corrected chi connectivity index (χ4v) is 2.40. The van der Waals surface area contributed by atoms with Gasteiger partial charge in [0.25, 0.3) is 0 Å². The van der Waals surface area contributed by atoms with Crippen LogP contribution in [0.2, 0.25) is 0 Å². The molecule has 7 nitrogen and oxygen atoms in total. The number of nitrogens with zero attached hydrogens (tertiary/aromatic N) is 4. The fourth-order valence-electron chi connectivity index (χ4n) is 2.40. The van der Waals surface area contributed by atoms with E-state index >= 15 is 0 Å². The lowest BCUT2D eigenvalue weighted by molar-refractivity contribution is -0.385. The summed E-state index contributed by atoms with van der Waals surface area (Å²) < 4.78 is 1.87. The number of nitro benzene ring substituents is 1. The molecule has 0 amide bonds. The van der Waals surface area contributed by atoms with Crippen LogP contribution < -0.4 is 0 Å². The molecule has 1 N–H and O–H groups in total. The van der Waals surface area contributed by atoms with E-state index in [0.29, 0.717) is 12.5 Å². The molecule has 120 valence electrons. The van der Waals surface area contributed by atoms with E-state index in [1.54, 1.807) is 12.1 Å². The average Bonchev–Trinajstić information content (AvgIpc) is 2.92. The normalized spacial score (nSPS) is 11.2. The molecule has 0 aliphatic heterocycles. The lowest BCUT2D eigenvalue weighted by Crippen LogP contribution is -1.95. The minimum Gasteiger partial charge on any atom is -0.502 e. The van der Waals surface area contributed by atoms with Crippen molar-refractivity contribution in [3.8, 4) is 5.75 Å². The first kappa shape index (κ1) is 15.4. The van der Waals surface area contributed by atoms with Gasteiger partial charge in [0.1, 0.15) is 0 Å². The van der Waals surface area contributed by atoms with E-state index < -0.39 is 10.7 Å². The molecule has 2 aromatic carbocycles. The van der Waals surface area contributed by atoms with Crippen molar-refractivity contribution >= 4 is 28.9 Å². The number of rotatable bonds is 5. The van der Waals surface area contributed by atoms with Crippen LogP contribution in [0.3, 0.4) is 0 Å². The zero-order valence-corrected chi connectivity index (χ0v) is 12.7. The molecular formula is C17H14N4O3. The van der Waals surface area contributed by atoms with E-state index in [-0.39, 0.29) is 11.3 Å². The number of para-hydroxylation sites is 3. The highest BCUT2D eigenvalue weighted by atomic mass is 16.6. The van der Waals surface area contributed by atoms with Crippen LogP contribution >= 0.6 is 0 Å². The van der Waals surface area contributed by atoms with Gasteiger partial charge in [-0.15, -0.1) is 6.58 Å². The van der Waals surface area contributed by atoms with Crippen LogP contribution in [0, 0.1) is 10.1 Å². The van der Waals surface area contributed by atoms with Crippen LogP contribution in [0.4, 0.5) is 11.6 Å². The Morgan fingerprint density at radius 3 is 2.83 bits per heavy atom. The second-order valence-corrected chi connectivity index (χ2v) is 5.03. The van der Waals surface area contributed by atoms with Gasteiger partial charge in [0.05, 0.1) is 16.0 Å². The van der Waals surface area contributed by atoms with Crippen LogP contribution in [-0.4, -0.2) is 25.8 Å². The average molecular weight is 322 g/mol. The smallest absolute Gasteiger partial charge is 0.311 e. The summed E-state index contributed by atoms with van der Waals surface area (Å²) in [6, 6.07) is 11.9. The number of hydrogen-bond donors (Lipinski definition) is 1. The molecule has 7 heteroatoms. The highest BCUT2D eigenvalue weighted by molar-refractivity contribution is 5.88. The molecule has 0 atom stereocenters. The van der Waals surface area contributed by atoms with Crippen molar-refractivity contribution < 1.29 is 10.0 Å². The molecule has 1 heterocycles. The molecule has 0 spiro atoms. The van der Waals surface area contributed by atoms with Gasteiger partial charge < -0.3 is 9.67 Å². The Morgan fingerprint density at radius 2 is 2.08 bits per heavy atom. The first-order valence-electron chi connectivity index (χ1n) is 7.18. The number of aromatic hydroxyl groups is 1. The third-order valence-corrected chi connectivity index (χ3v) is 3.51. The van der Waals surface area contributed by atoms with E-state index in [1.165, 1.54) is 18.3 Å². The second kappa shape index (κ2) is 6.33. The zero-order chi connectivity index (χ0) is 17.1. The van der Waals surface area contributed by atoms with E-state index in [9.17, 15) is 15.2 Å². The number of imidazole rings is 1. The Bertz CT molecular complexity index is 960. The summed E-state index contributed by atoms with van der Waals surface area (Å²) in [6.45, 7) is 4.25. The summed E-state index contributed by atoms with van der Waals surface area (Å²) in [5, 5.41) is 20.9. The molecule has 0 fully saturated rings. The molecule has 1 aromatic heterocycles. The van der Waals surface area contributed by atoms with Gasteiger partial charge in [-0.25, -0.2) is 9.98 Å². The van der Waals surface area contributed by atoms with Crippen molar-refractivity contribution in [2.45, 2.75) is 6.54 Å². The maximum absolute atomic E-state index is 10.9. The van der Waals surface area contributed by atoms with Gasteiger partial charge in [-0.1, -0.05) is 24.3 Å². The SMILES string of the molecule is C=CCn1c(N=Cc2cccc([N+](=O)[O-])c2O)nc2ccccc21. The first-order valence-corrected chi connectivity index (χ1v) is 7.18. The summed E-state index contributed by atoms with van der Waals surface area (Å²) in [4.78, 5) is 19.0. The van der Waals surface area contributed by atoms with Crippen LogP contribution in [-0.2, 0) is 6.54 Å². The number of aromatic nitrogens is 2. The van der Waals surface area contributed by atoms with Crippen molar-refractivity contribution in [3.05, 3.63) is 70.8 Å². The van der Waals surface area contributed by atoms with Crippen molar-refractivity contribution in [2.24, 2.45) is 4.99 Å². The second-order valence-electron chi connectivity index (χ2n) is 5.03. The first-order chi connectivity index (χ1) is 11.6. The number of aliphatic imine (C=N–C) groups is 1. The number of fused-ring (bicyclic) bond motifs is 1. The summed E-state index contributed by atoms with van der Waals surface area (Å²) in [5.74, 6) is 0.0136. The highest BCUT2D eigenvalue weighted by Gasteiger charge is 2.15. The maximum Gasteiger partial charge on any atom is 0.311 e. The molecule has 0 aliphatic rings. The molecule has 0 radical (unpaired) electrons. The Balaban J connectivity index is 2.05. The minimum absolute atomic E-state index is 0.251. The van der Waals surface area contributed by atoms with Crippen LogP contribution in [0.25, 0.3) is 11.0 Å². The highest BCUT2D eigenvalue weighted by Crippen LogP contribution is 2.29. The monoisotopic (exact) mass is 322 g/mol. The summed E-state index contributed by atoms with van der Waals surface area (Å²) in [7, 11) is 0. The number of hydrogen-bond acceptors (Lipinski definition) is 5. The van der Waals surface area contributed by atoms with Gasteiger partial charge in [-0.2, -0.15) is 0 Å². The zero-order valence-electron chi connectivity index (χ0n) is 12.7. The number of phenols is 1. The van der Waals surface area contributed by atoms with E-state index in [2.05, 4.69) is 16.6 Å². The van der Waals surface area contributed by atoms with E-state index in [0.717, 1.165) is 11.0 Å². The van der Waals surface area contributed by atoms with E-state index in [4.69, 9.17) is 0 Å². The molecule has 3 aromatic rings. The lowest BCUT2D eigenvalue weighted by Gasteiger charge is -2.02. The minimum atomic E-state index is -0.639. The molecule has 24 heavy (non-hydrogen) atoms. The number of phenolic OH excluding ortho intramolecular Hbond substituents is 1. The predicted octanol–water partition coefficient (Wildman–Crippen LogP) is 3.59. The third-order valence-electron chi connectivity index (χ3n) is 3.51. The summed E-state index contributed by atoms with van der Waals surface area (Å²) >= 11 is 0. The topological polar surface area (TPSA) is 93.5 Å². The van der Waals surface area contributed by atoms with Gasteiger partial charge in [-0.3, -0.25) is 10.1 Å². The molecule has 0 saturated heterocycles. The number of benzene rings is 2. The van der Waals surface area contributed by atoms with Crippen molar-refractivity contribution in [1.29, 1.82) is 0 Å². The largest absolute Gasteiger partial charge is 0.502 e. The molecule has 0 bridgehead atoms. The van der Waals surface area contributed by atoms with Gasteiger partial charge in [0.15, 0.2) is 0 Å². The summed E-state index contributed by atoms with van der Waals surface area (Å²) in [5.41, 5.74) is 1.59. The lowest BCUT2D eigenvalue weighted by atomic mass is 10.2. The molecule has 0 saturated carbocycles. The van der Waals surface area contributed by atoms with Crippen molar-refractivity contribution in [3.63, 3.8) is 0 Å². The Hall–Kier alpha value is -3.48. The van der Waals surface area contributed by atoms with Gasteiger partial charge in [-0.05, 0) is 18.2 Å². The Labute approximate surface area is 137 Å². The van der Waals surface area contributed by atoms with Crippen LogP contribution in [0.1, 0.15) is 5.56 Å². The van der Waals surface area contributed by atoms with Gasteiger partial charge in [0.2, 0.25) is 11.7 Å².